The first-order valence-electron chi connectivity index (χ1n) is 8.54. The molecule has 3 aromatic rings. The molecule has 0 saturated carbocycles. The summed E-state index contributed by atoms with van der Waals surface area (Å²) in [6, 6.07) is 14.6. The second-order valence-corrected chi connectivity index (χ2v) is 6.19. The monoisotopic (exact) mass is 350 g/mol. The van der Waals surface area contributed by atoms with Crippen LogP contribution in [0.15, 0.2) is 54.7 Å². The number of halogens is 1. The van der Waals surface area contributed by atoms with Gasteiger partial charge in [0.25, 0.3) is 0 Å². The van der Waals surface area contributed by atoms with Crippen LogP contribution in [-0.4, -0.2) is 18.2 Å². The zero-order valence-corrected chi connectivity index (χ0v) is 14.5. The maximum atomic E-state index is 13.7. The first-order chi connectivity index (χ1) is 12.7. The van der Waals surface area contributed by atoms with Gasteiger partial charge in [-0.3, -0.25) is 0 Å². The van der Waals surface area contributed by atoms with Gasteiger partial charge in [0.1, 0.15) is 24.8 Å². The van der Waals surface area contributed by atoms with Crippen molar-refractivity contribution in [3.8, 4) is 22.6 Å². The topological polar surface area (TPSA) is 43.4 Å². The summed E-state index contributed by atoms with van der Waals surface area (Å²) in [6.07, 6.45) is 1.81. The fourth-order valence-electron chi connectivity index (χ4n) is 2.99. The molecular weight excluding hydrogens is 331 g/mol. The van der Waals surface area contributed by atoms with E-state index in [0.29, 0.717) is 31.1 Å². The van der Waals surface area contributed by atoms with Crippen molar-refractivity contribution in [2.45, 2.75) is 13.5 Å². The van der Waals surface area contributed by atoms with Crippen LogP contribution >= 0.6 is 0 Å². The molecule has 1 aliphatic heterocycles. The molecule has 4 nitrogen and oxygen atoms in total. The smallest absolute Gasteiger partial charge is 0.161 e. The van der Waals surface area contributed by atoms with E-state index in [1.807, 2.05) is 43.5 Å². The van der Waals surface area contributed by atoms with Gasteiger partial charge in [0, 0.05) is 23.9 Å². The molecule has 0 bridgehead atoms. The number of aryl methyl sites for hydroxylation is 1. The third kappa shape index (κ3) is 3.33. The second-order valence-electron chi connectivity index (χ2n) is 6.19. The van der Waals surface area contributed by atoms with Crippen LogP contribution in [0.5, 0.6) is 11.5 Å². The number of nitrogens with one attached hydrogen (secondary N) is 1. The Balaban J connectivity index is 1.52. The summed E-state index contributed by atoms with van der Waals surface area (Å²) in [5.74, 6) is 2.03. The quantitative estimate of drug-likeness (QED) is 0.748. The highest BCUT2D eigenvalue weighted by Crippen LogP contribution is 2.37. The van der Waals surface area contributed by atoms with E-state index in [1.54, 1.807) is 12.1 Å². The Hall–Kier alpha value is -3.08. The molecule has 2 heterocycles. The lowest BCUT2D eigenvalue weighted by Crippen LogP contribution is -2.15. The predicted molar refractivity (Wildman–Crippen MR) is 99.1 cm³/mol. The van der Waals surface area contributed by atoms with Crippen LogP contribution in [-0.2, 0) is 6.54 Å². The minimum absolute atomic E-state index is 0.219. The van der Waals surface area contributed by atoms with Gasteiger partial charge < -0.3 is 14.8 Å². The van der Waals surface area contributed by atoms with Gasteiger partial charge in [-0.05, 0) is 48.4 Å². The Morgan fingerprint density at radius 2 is 1.81 bits per heavy atom. The molecule has 1 aromatic heterocycles. The molecule has 0 spiro atoms. The molecule has 0 radical (unpaired) electrons. The van der Waals surface area contributed by atoms with Gasteiger partial charge in [-0.25, -0.2) is 9.37 Å². The number of ether oxygens (including phenoxy) is 2. The number of aromatic nitrogens is 1. The summed E-state index contributed by atoms with van der Waals surface area (Å²) in [4.78, 5) is 4.45. The van der Waals surface area contributed by atoms with Gasteiger partial charge in [0.15, 0.2) is 11.5 Å². The highest BCUT2D eigenvalue weighted by Gasteiger charge is 2.15. The van der Waals surface area contributed by atoms with Crippen molar-refractivity contribution in [2.24, 2.45) is 0 Å². The summed E-state index contributed by atoms with van der Waals surface area (Å²) < 4.78 is 25.0. The predicted octanol–water partition coefficient (Wildman–Crippen LogP) is 4.58. The summed E-state index contributed by atoms with van der Waals surface area (Å²) in [5.41, 5.74) is 3.77. The lowest BCUT2D eigenvalue weighted by Gasteiger charge is -2.20. The van der Waals surface area contributed by atoms with E-state index in [4.69, 9.17) is 9.47 Å². The van der Waals surface area contributed by atoms with Crippen molar-refractivity contribution >= 4 is 5.82 Å². The summed E-state index contributed by atoms with van der Waals surface area (Å²) >= 11 is 0. The molecule has 5 heteroatoms. The average molecular weight is 350 g/mol. The molecule has 4 rings (SSSR count). The van der Waals surface area contributed by atoms with E-state index < -0.39 is 0 Å². The fraction of sp³-hybridized carbons (Fsp3) is 0.190. The summed E-state index contributed by atoms with van der Waals surface area (Å²) in [5, 5.41) is 3.15. The maximum absolute atomic E-state index is 13.7. The van der Waals surface area contributed by atoms with E-state index in [-0.39, 0.29) is 5.82 Å². The maximum Gasteiger partial charge on any atom is 0.161 e. The molecule has 0 saturated heterocycles. The van der Waals surface area contributed by atoms with Crippen LogP contribution < -0.4 is 14.8 Å². The highest BCUT2D eigenvalue weighted by molar-refractivity contribution is 5.71. The Bertz CT molecular complexity index is 926. The first-order valence-corrected chi connectivity index (χ1v) is 8.54. The molecule has 0 unspecified atom stereocenters. The molecule has 2 aromatic carbocycles. The lowest BCUT2D eigenvalue weighted by molar-refractivity contribution is 0.171. The molecule has 26 heavy (non-hydrogen) atoms. The molecule has 132 valence electrons. The van der Waals surface area contributed by atoms with Gasteiger partial charge in [-0.1, -0.05) is 18.2 Å². The number of nitrogens with zero attached hydrogens (tertiary/aromatic N) is 1. The summed E-state index contributed by atoms with van der Waals surface area (Å²) in [6.45, 7) is 3.57. The highest BCUT2D eigenvalue weighted by atomic mass is 19.1. The number of anilines is 1. The van der Waals surface area contributed by atoms with E-state index >= 15 is 0 Å². The van der Waals surface area contributed by atoms with E-state index in [9.17, 15) is 4.39 Å². The third-order valence-electron chi connectivity index (χ3n) is 4.38. The van der Waals surface area contributed by atoms with Crippen LogP contribution in [0.3, 0.4) is 0 Å². The minimum Gasteiger partial charge on any atom is -0.486 e. The lowest BCUT2D eigenvalue weighted by atomic mass is 10.0. The SMILES string of the molecule is Cc1cc2c(cc1-c1ccc(NCc3ccccc3F)nc1)OCCO2. The molecule has 1 N–H and O–H groups in total. The van der Waals surface area contributed by atoms with Crippen LogP contribution in [0.4, 0.5) is 10.2 Å². The number of hydrogen-bond acceptors (Lipinski definition) is 4. The van der Waals surface area contributed by atoms with Crippen molar-refractivity contribution in [3.63, 3.8) is 0 Å². The van der Waals surface area contributed by atoms with Crippen LogP contribution in [0, 0.1) is 12.7 Å². The van der Waals surface area contributed by atoms with Crippen LogP contribution in [0.25, 0.3) is 11.1 Å². The largest absolute Gasteiger partial charge is 0.486 e. The summed E-state index contributed by atoms with van der Waals surface area (Å²) in [7, 11) is 0. The molecular formula is C21H19FN2O2. The zero-order chi connectivity index (χ0) is 17.9. The molecule has 0 atom stereocenters. The Morgan fingerprint density at radius 1 is 1.04 bits per heavy atom. The van der Waals surface area contributed by atoms with E-state index in [1.165, 1.54) is 6.07 Å². The molecule has 0 amide bonds. The van der Waals surface area contributed by atoms with Crippen molar-refractivity contribution in [2.75, 3.05) is 18.5 Å². The number of fused-ring (bicyclic) bond motifs is 1. The van der Waals surface area contributed by atoms with Gasteiger partial charge in [0.05, 0.1) is 0 Å². The standard InChI is InChI=1S/C21H19FN2O2/c1-14-10-19-20(26-9-8-25-19)11-17(14)15-6-7-21(23-12-15)24-13-16-4-2-3-5-18(16)22/h2-7,10-12H,8-9,13H2,1H3,(H,23,24). The minimum atomic E-state index is -0.219. The van der Waals surface area contributed by atoms with E-state index in [2.05, 4.69) is 10.3 Å². The van der Waals surface area contributed by atoms with Crippen molar-refractivity contribution < 1.29 is 13.9 Å². The molecule has 0 aliphatic carbocycles. The Kier molecular flexibility index (Phi) is 4.44. The van der Waals surface area contributed by atoms with Crippen molar-refractivity contribution in [3.05, 3.63) is 71.7 Å². The van der Waals surface area contributed by atoms with Crippen LogP contribution in [0.1, 0.15) is 11.1 Å². The van der Waals surface area contributed by atoms with Crippen molar-refractivity contribution in [1.29, 1.82) is 0 Å². The number of benzene rings is 2. The van der Waals surface area contributed by atoms with Gasteiger partial charge >= 0.3 is 0 Å². The third-order valence-corrected chi connectivity index (χ3v) is 4.38. The van der Waals surface area contributed by atoms with Gasteiger partial charge in [-0.2, -0.15) is 0 Å². The average Bonchev–Trinajstić information content (AvgIpc) is 2.67. The van der Waals surface area contributed by atoms with E-state index in [0.717, 1.165) is 28.2 Å². The molecule has 0 fully saturated rings. The number of hydrogen-bond donors (Lipinski definition) is 1. The number of rotatable bonds is 4. The normalized spacial score (nSPS) is 12.7. The Morgan fingerprint density at radius 3 is 2.54 bits per heavy atom. The van der Waals surface area contributed by atoms with Crippen LogP contribution in [0.2, 0.25) is 0 Å². The van der Waals surface area contributed by atoms with Gasteiger partial charge in [0.2, 0.25) is 0 Å². The van der Waals surface area contributed by atoms with Gasteiger partial charge in [-0.15, -0.1) is 0 Å². The van der Waals surface area contributed by atoms with Crippen molar-refractivity contribution in [1.82, 2.24) is 4.98 Å². The number of pyridine rings is 1. The Labute approximate surface area is 151 Å². The first kappa shape index (κ1) is 16.4. The zero-order valence-electron chi connectivity index (χ0n) is 14.5. The second kappa shape index (κ2) is 7.04. The fourth-order valence-corrected chi connectivity index (χ4v) is 2.99. The molecule has 1 aliphatic rings.